The molecule has 0 unspecified atom stereocenters. The van der Waals surface area contributed by atoms with Gasteiger partial charge in [0.1, 0.15) is 0 Å². The van der Waals surface area contributed by atoms with Gasteiger partial charge >= 0.3 is 0 Å². The van der Waals surface area contributed by atoms with E-state index in [0.29, 0.717) is 0 Å². The highest BCUT2D eigenvalue weighted by molar-refractivity contribution is 14.0. The monoisotopic (exact) mass is 590 g/mol. The SMILES string of the molecule is CCC.I.I.I.I.N.N. The van der Waals surface area contributed by atoms with Crippen LogP contribution in [0.1, 0.15) is 20.3 Å². The molecule has 0 atom stereocenters. The zero-order valence-electron chi connectivity index (χ0n) is 5.75. The summed E-state index contributed by atoms with van der Waals surface area (Å²) in [4.78, 5) is 0. The molecule has 0 aromatic rings. The average Bonchev–Trinajstić information content (AvgIpc) is 0.918. The van der Waals surface area contributed by atoms with Gasteiger partial charge in [-0.3, -0.25) is 0 Å². The highest BCUT2D eigenvalue weighted by atomic mass is 127. The van der Waals surface area contributed by atoms with Crippen molar-refractivity contribution in [1.29, 1.82) is 0 Å². The van der Waals surface area contributed by atoms with Gasteiger partial charge in [-0.25, -0.2) is 0 Å². The van der Waals surface area contributed by atoms with E-state index in [2.05, 4.69) is 13.8 Å². The van der Waals surface area contributed by atoms with Crippen molar-refractivity contribution < 1.29 is 0 Å². The van der Waals surface area contributed by atoms with Gasteiger partial charge in [0.2, 0.25) is 0 Å². The molecule has 2 nitrogen and oxygen atoms in total. The summed E-state index contributed by atoms with van der Waals surface area (Å²) in [6.07, 6.45) is 1.25. The molecule has 0 aliphatic rings. The van der Waals surface area contributed by atoms with E-state index >= 15 is 0 Å². The van der Waals surface area contributed by atoms with Crippen molar-refractivity contribution in [1.82, 2.24) is 12.3 Å². The summed E-state index contributed by atoms with van der Waals surface area (Å²) >= 11 is 0. The lowest BCUT2D eigenvalue weighted by molar-refractivity contribution is 1.09. The van der Waals surface area contributed by atoms with E-state index in [4.69, 9.17) is 0 Å². The van der Waals surface area contributed by atoms with Gasteiger partial charge in [0.05, 0.1) is 0 Å². The molecule has 0 amide bonds. The lowest BCUT2D eigenvalue weighted by atomic mass is 10.6. The van der Waals surface area contributed by atoms with Crippen LogP contribution in [0, 0.1) is 0 Å². The van der Waals surface area contributed by atoms with Crippen molar-refractivity contribution >= 4 is 95.9 Å². The first-order chi connectivity index (χ1) is 1.41. The van der Waals surface area contributed by atoms with Crippen LogP contribution < -0.4 is 12.3 Å². The number of halogens is 4. The second kappa shape index (κ2) is 71.2. The first-order valence-corrected chi connectivity index (χ1v) is 1.41. The van der Waals surface area contributed by atoms with E-state index in [1.165, 1.54) is 6.42 Å². The van der Waals surface area contributed by atoms with Crippen molar-refractivity contribution in [3.8, 4) is 0 Å². The molecule has 9 heavy (non-hydrogen) atoms. The minimum Gasteiger partial charge on any atom is -0.344 e. The first-order valence-electron chi connectivity index (χ1n) is 1.41. The third-order valence-corrected chi connectivity index (χ3v) is 0. The maximum atomic E-state index is 2.12. The predicted molar refractivity (Wildman–Crippen MR) is 87.7 cm³/mol. The van der Waals surface area contributed by atoms with Crippen LogP contribution in [0.5, 0.6) is 0 Å². The highest BCUT2D eigenvalue weighted by Crippen LogP contribution is 1.56. The van der Waals surface area contributed by atoms with Gasteiger partial charge in [-0.15, -0.1) is 95.9 Å². The molecule has 0 saturated carbocycles. The van der Waals surface area contributed by atoms with Crippen molar-refractivity contribution in [2.45, 2.75) is 20.3 Å². The van der Waals surface area contributed by atoms with Crippen LogP contribution in [0.25, 0.3) is 0 Å². The molecule has 6 N–H and O–H groups in total. The number of hydrogen-bond donors (Lipinski definition) is 2. The van der Waals surface area contributed by atoms with Crippen LogP contribution >= 0.6 is 95.9 Å². The zero-order chi connectivity index (χ0) is 2.71. The van der Waals surface area contributed by atoms with Crippen molar-refractivity contribution in [3.63, 3.8) is 0 Å². The molecule has 68 valence electrons. The van der Waals surface area contributed by atoms with E-state index in [1.54, 1.807) is 0 Å². The summed E-state index contributed by atoms with van der Waals surface area (Å²) in [5, 5.41) is 0. The van der Waals surface area contributed by atoms with Gasteiger partial charge in [-0.05, 0) is 0 Å². The van der Waals surface area contributed by atoms with E-state index in [0.717, 1.165) is 0 Å². The van der Waals surface area contributed by atoms with E-state index < -0.39 is 0 Å². The third kappa shape index (κ3) is 105. The van der Waals surface area contributed by atoms with Crippen LogP contribution in [-0.4, -0.2) is 0 Å². The quantitative estimate of drug-likeness (QED) is 0.416. The Morgan fingerprint density at radius 2 is 0.667 bits per heavy atom. The topological polar surface area (TPSA) is 70.0 Å². The molecule has 0 heterocycles. The van der Waals surface area contributed by atoms with Gasteiger partial charge < -0.3 is 12.3 Å². The van der Waals surface area contributed by atoms with Gasteiger partial charge in [0, 0.05) is 0 Å². The standard InChI is InChI=1S/C3H8.4HI.2H3N/c1-3-2;;;;;;/h3H2,1-2H3;4*1H;2*1H3. The predicted octanol–water partition coefficient (Wildman–Crippen LogP) is 4.21. The van der Waals surface area contributed by atoms with Gasteiger partial charge in [0.15, 0.2) is 0 Å². The van der Waals surface area contributed by atoms with Gasteiger partial charge in [-0.2, -0.15) is 0 Å². The minimum absolute atomic E-state index is 0. The Labute approximate surface area is 126 Å². The zero-order valence-corrected chi connectivity index (χ0v) is 15.1. The molecule has 0 radical (unpaired) electrons. The van der Waals surface area contributed by atoms with E-state index in [9.17, 15) is 0 Å². The molecular formula is C3H18I4N2. The van der Waals surface area contributed by atoms with E-state index in [-0.39, 0.29) is 108 Å². The van der Waals surface area contributed by atoms with Gasteiger partial charge in [0.25, 0.3) is 0 Å². The Morgan fingerprint density at radius 1 is 0.667 bits per heavy atom. The molecule has 0 saturated heterocycles. The maximum absolute atomic E-state index is 2.12. The lowest BCUT2D eigenvalue weighted by Gasteiger charge is -1.48. The lowest BCUT2D eigenvalue weighted by Crippen LogP contribution is -1.27. The highest BCUT2D eigenvalue weighted by Gasteiger charge is 1.35. The molecule has 0 rings (SSSR count). The Hall–Kier alpha value is 2.84. The minimum atomic E-state index is 0. The fourth-order valence-corrected chi connectivity index (χ4v) is 0. The van der Waals surface area contributed by atoms with Crippen LogP contribution in [0.4, 0.5) is 0 Å². The van der Waals surface area contributed by atoms with Crippen molar-refractivity contribution in [2.75, 3.05) is 0 Å². The Morgan fingerprint density at radius 3 is 0.667 bits per heavy atom. The molecule has 0 aliphatic heterocycles. The number of hydrogen-bond acceptors (Lipinski definition) is 2. The summed E-state index contributed by atoms with van der Waals surface area (Å²) < 4.78 is 0. The fraction of sp³-hybridized carbons (Fsp3) is 1.00. The molecular weight excluding hydrogens is 572 g/mol. The average molecular weight is 590 g/mol. The maximum Gasteiger partial charge on any atom is -0.0590 e. The summed E-state index contributed by atoms with van der Waals surface area (Å²) in [5.74, 6) is 0. The molecule has 0 fully saturated rings. The Bertz CT molecular complexity index is 13.8. The van der Waals surface area contributed by atoms with E-state index in [1.807, 2.05) is 0 Å². The summed E-state index contributed by atoms with van der Waals surface area (Å²) in [5.41, 5.74) is 0. The molecule has 0 aliphatic carbocycles. The largest absolute Gasteiger partial charge is 0.344 e. The smallest absolute Gasteiger partial charge is 0.0590 e. The molecule has 0 bridgehead atoms. The van der Waals surface area contributed by atoms with Gasteiger partial charge in [-0.1, -0.05) is 20.3 Å². The Balaban J connectivity index is -0.00000000133. The summed E-state index contributed by atoms with van der Waals surface area (Å²) in [6, 6.07) is 0. The Kier molecular flexibility index (Phi) is 470. The second-order valence-electron chi connectivity index (χ2n) is 0.707. The van der Waals surface area contributed by atoms with Crippen molar-refractivity contribution in [2.24, 2.45) is 0 Å². The normalized spacial score (nSPS) is 2.00. The molecule has 0 spiro atoms. The van der Waals surface area contributed by atoms with Crippen LogP contribution in [-0.2, 0) is 0 Å². The third-order valence-electron chi connectivity index (χ3n) is 0. The second-order valence-corrected chi connectivity index (χ2v) is 0.707. The van der Waals surface area contributed by atoms with Crippen LogP contribution in [0.3, 0.4) is 0 Å². The summed E-state index contributed by atoms with van der Waals surface area (Å²) in [6.45, 7) is 4.25. The fourth-order valence-electron chi connectivity index (χ4n) is 0. The summed E-state index contributed by atoms with van der Waals surface area (Å²) in [7, 11) is 0. The molecule has 6 heteroatoms. The van der Waals surface area contributed by atoms with Crippen LogP contribution in [0.15, 0.2) is 0 Å². The molecule has 0 aromatic carbocycles. The number of rotatable bonds is 0. The first kappa shape index (κ1) is 59.4. The molecule has 0 aromatic heterocycles. The van der Waals surface area contributed by atoms with Crippen molar-refractivity contribution in [3.05, 3.63) is 0 Å². The van der Waals surface area contributed by atoms with Crippen LogP contribution in [0.2, 0.25) is 0 Å².